The van der Waals surface area contributed by atoms with Gasteiger partial charge in [0.25, 0.3) is 0 Å². The first kappa shape index (κ1) is 24.1. The number of rotatable bonds is 10. The van der Waals surface area contributed by atoms with E-state index in [4.69, 9.17) is 0 Å². The molecule has 1 heterocycles. The quantitative estimate of drug-likeness (QED) is 0.514. The van der Waals surface area contributed by atoms with Crippen molar-refractivity contribution in [2.24, 2.45) is 11.8 Å². The summed E-state index contributed by atoms with van der Waals surface area (Å²) in [5.41, 5.74) is 2.01. The molecular formula is C24H39N3O3S. The average Bonchev–Trinajstić information content (AvgIpc) is 2.74. The molecule has 1 saturated heterocycles. The fraction of sp³-hybridized carbons (Fsp3) is 0.708. The Morgan fingerprint density at radius 1 is 1.03 bits per heavy atom. The molecule has 0 radical (unpaired) electrons. The second-order valence-electron chi connectivity index (χ2n) is 9.34. The molecule has 0 unspecified atom stereocenters. The first-order valence-electron chi connectivity index (χ1n) is 12.0. The predicted octanol–water partition coefficient (Wildman–Crippen LogP) is 4.53. The van der Waals surface area contributed by atoms with Crippen molar-refractivity contribution < 1.29 is 13.2 Å². The van der Waals surface area contributed by atoms with Crippen LogP contribution in [0, 0.1) is 11.8 Å². The van der Waals surface area contributed by atoms with E-state index in [1.54, 1.807) is 0 Å². The summed E-state index contributed by atoms with van der Waals surface area (Å²) < 4.78 is 27.4. The van der Waals surface area contributed by atoms with Crippen molar-refractivity contribution >= 4 is 27.3 Å². The first-order chi connectivity index (χ1) is 14.9. The highest BCUT2D eigenvalue weighted by atomic mass is 32.2. The van der Waals surface area contributed by atoms with E-state index in [9.17, 15) is 13.2 Å². The number of sulfonamides is 1. The van der Waals surface area contributed by atoms with Crippen LogP contribution in [0.1, 0.15) is 71.1 Å². The minimum atomic E-state index is -3.12. The van der Waals surface area contributed by atoms with Gasteiger partial charge in [-0.25, -0.2) is 13.1 Å². The van der Waals surface area contributed by atoms with Gasteiger partial charge in [-0.05, 0) is 62.1 Å². The van der Waals surface area contributed by atoms with E-state index in [0.717, 1.165) is 63.0 Å². The van der Waals surface area contributed by atoms with Crippen LogP contribution >= 0.6 is 0 Å². The van der Waals surface area contributed by atoms with Crippen LogP contribution < -0.4 is 14.9 Å². The fourth-order valence-corrected chi connectivity index (χ4v) is 6.50. The van der Waals surface area contributed by atoms with Gasteiger partial charge in [0.1, 0.15) is 0 Å². The summed E-state index contributed by atoms with van der Waals surface area (Å²) in [5.74, 6) is 1.34. The molecule has 0 spiro atoms. The van der Waals surface area contributed by atoms with Crippen LogP contribution in [-0.4, -0.2) is 39.7 Å². The third kappa shape index (κ3) is 8.45. The van der Waals surface area contributed by atoms with Gasteiger partial charge < -0.3 is 10.2 Å². The number of hydrogen-bond acceptors (Lipinski definition) is 4. The second kappa shape index (κ2) is 11.9. The van der Waals surface area contributed by atoms with Crippen molar-refractivity contribution in [1.82, 2.24) is 4.72 Å². The Hall–Kier alpha value is -1.60. The number of anilines is 2. The summed E-state index contributed by atoms with van der Waals surface area (Å²) in [6.45, 7) is 4.16. The summed E-state index contributed by atoms with van der Waals surface area (Å²) in [4.78, 5) is 13.7. The monoisotopic (exact) mass is 449 g/mol. The van der Waals surface area contributed by atoms with Crippen LogP contribution in [0.15, 0.2) is 24.3 Å². The number of carbonyl (C=O) groups excluding carboxylic acids is 1. The minimum Gasteiger partial charge on any atom is -0.371 e. The average molecular weight is 450 g/mol. The highest BCUT2D eigenvalue weighted by Crippen LogP contribution is 2.28. The second-order valence-corrected chi connectivity index (χ2v) is 11.2. The number of nitrogens with one attached hydrogen (secondary N) is 2. The summed E-state index contributed by atoms with van der Waals surface area (Å²) in [6.07, 6.45) is 11.2. The third-order valence-corrected chi connectivity index (χ3v) is 8.24. The maximum Gasteiger partial charge on any atom is 0.221 e. The molecule has 1 aliphatic heterocycles. The van der Waals surface area contributed by atoms with Crippen molar-refractivity contribution in [2.45, 2.75) is 71.1 Å². The van der Waals surface area contributed by atoms with Crippen molar-refractivity contribution in [3.63, 3.8) is 0 Å². The van der Waals surface area contributed by atoms with Gasteiger partial charge in [-0.2, -0.15) is 0 Å². The highest BCUT2D eigenvalue weighted by molar-refractivity contribution is 7.89. The molecule has 2 N–H and O–H groups in total. The third-order valence-electron chi connectivity index (χ3n) is 6.69. The van der Waals surface area contributed by atoms with E-state index >= 15 is 0 Å². The van der Waals surface area contributed by atoms with Crippen LogP contribution in [0.2, 0.25) is 0 Å². The van der Waals surface area contributed by atoms with Crippen LogP contribution in [0.25, 0.3) is 0 Å². The lowest BCUT2D eigenvalue weighted by Crippen LogP contribution is -2.34. The van der Waals surface area contributed by atoms with Crippen LogP contribution in [0.3, 0.4) is 0 Å². The summed E-state index contributed by atoms with van der Waals surface area (Å²) in [7, 11) is -3.12. The van der Waals surface area contributed by atoms with Gasteiger partial charge in [0.15, 0.2) is 0 Å². The normalized spacial score (nSPS) is 18.8. The smallest absolute Gasteiger partial charge is 0.221 e. The molecule has 0 atom stereocenters. The largest absolute Gasteiger partial charge is 0.371 e. The lowest BCUT2D eigenvalue weighted by Gasteiger charge is -2.34. The first-order valence-corrected chi connectivity index (χ1v) is 13.7. The van der Waals surface area contributed by atoms with E-state index in [1.807, 2.05) is 18.2 Å². The Balaban J connectivity index is 1.30. The number of unbranched alkanes of at least 4 members (excludes halogenated alkanes) is 1. The molecule has 1 amide bonds. The summed E-state index contributed by atoms with van der Waals surface area (Å²) >= 11 is 0. The van der Waals surface area contributed by atoms with Gasteiger partial charge >= 0.3 is 0 Å². The molecule has 6 nitrogen and oxygen atoms in total. The molecule has 174 valence electrons. The number of piperidine rings is 1. The van der Waals surface area contributed by atoms with Crippen LogP contribution in [0.5, 0.6) is 0 Å². The molecule has 1 saturated carbocycles. The number of carbonyl (C=O) groups is 1. The van der Waals surface area contributed by atoms with Gasteiger partial charge in [-0.3, -0.25) is 4.79 Å². The number of nitrogens with zero attached hydrogens (tertiary/aromatic N) is 1. The Morgan fingerprint density at radius 3 is 2.48 bits per heavy atom. The zero-order valence-electron chi connectivity index (χ0n) is 18.9. The molecule has 2 aliphatic rings. The zero-order valence-corrected chi connectivity index (χ0v) is 19.8. The number of benzene rings is 1. The maximum absolute atomic E-state index is 12.3. The molecule has 0 bridgehead atoms. The SMILES string of the molecule is CC(=O)Nc1cccc(N2CCC(CCCCNS(=O)(=O)CC3CCCCC3)CC2)c1. The minimum absolute atomic E-state index is 0.0489. The lowest BCUT2D eigenvalue weighted by molar-refractivity contribution is -0.114. The molecule has 1 aliphatic carbocycles. The van der Waals surface area contributed by atoms with Crippen molar-refractivity contribution in [2.75, 3.05) is 35.6 Å². The Labute approximate surface area is 188 Å². The number of amides is 1. The van der Waals surface area contributed by atoms with E-state index in [1.165, 1.54) is 32.6 Å². The van der Waals surface area contributed by atoms with Crippen molar-refractivity contribution in [1.29, 1.82) is 0 Å². The van der Waals surface area contributed by atoms with Crippen molar-refractivity contribution in [3.8, 4) is 0 Å². The van der Waals surface area contributed by atoms with E-state index in [-0.39, 0.29) is 5.91 Å². The molecule has 3 rings (SSSR count). The molecule has 0 aromatic heterocycles. The van der Waals surface area contributed by atoms with Gasteiger partial charge in [0.2, 0.25) is 15.9 Å². The van der Waals surface area contributed by atoms with Gasteiger partial charge in [0.05, 0.1) is 5.75 Å². The van der Waals surface area contributed by atoms with Gasteiger partial charge in [-0.1, -0.05) is 38.2 Å². The number of hydrogen-bond donors (Lipinski definition) is 2. The van der Waals surface area contributed by atoms with Crippen LogP contribution in [0.4, 0.5) is 11.4 Å². The molecule has 7 heteroatoms. The topological polar surface area (TPSA) is 78.5 Å². The van der Waals surface area contributed by atoms with Gasteiger partial charge in [-0.15, -0.1) is 0 Å². The Bertz CT molecular complexity index is 798. The summed E-state index contributed by atoms with van der Waals surface area (Å²) in [5, 5.41) is 2.85. The van der Waals surface area contributed by atoms with Gasteiger partial charge in [0, 0.05) is 37.9 Å². The molecular weight excluding hydrogens is 410 g/mol. The standard InChI is InChI=1S/C24H39N3O3S/c1-20(28)26-23-11-7-12-24(18-23)27-16-13-21(14-17-27)8-5-6-15-25-31(29,30)19-22-9-3-2-4-10-22/h7,11-12,18,21-22,25H,2-6,8-10,13-17,19H2,1H3,(H,26,28). The molecule has 1 aromatic carbocycles. The summed E-state index contributed by atoms with van der Waals surface area (Å²) in [6, 6.07) is 8.05. The molecule has 31 heavy (non-hydrogen) atoms. The Kier molecular flexibility index (Phi) is 9.20. The van der Waals surface area contributed by atoms with E-state index in [2.05, 4.69) is 21.0 Å². The lowest BCUT2D eigenvalue weighted by atomic mass is 9.91. The highest BCUT2D eigenvalue weighted by Gasteiger charge is 2.22. The molecule has 1 aromatic rings. The van der Waals surface area contributed by atoms with E-state index in [0.29, 0.717) is 24.1 Å². The fourth-order valence-electron chi connectivity index (χ4n) is 4.97. The van der Waals surface area contributed by atoms with Crippen molar-refractivity contribution in [3.05, 3.63) is 24.3 Å². The maximum atomic E-state index is 12.3. The predicted molar refractivity (Wildman–Crippen MR) is 128 cm³/mol. The van der Waals surface area contributed by atoms with E-state index < -0.39 is 10.0 Å². The Morgan fingerprint density at radius 2 is 1.77 bits per heavy atom. The zero-order chi connectivity index (χ0) is 22.1. The molecule has 2 fully saturated rings. The van der Waals surface area contributed by atoms with Crippen LogP contribution in [-0.2, 0) is 14.8 Å².